The lowest BCUT2D eigenvalue weighted by Gasteiger charge is -2.18. The second-order valence-corrected chi connectivity index (χ2v) is 3.75. The van der Waals surface area contributed by atoms with Gasteiger partial charge in [0.2, 0.25) is 0 Å². The molecule has 0 unspecified atom stereocenters. The van der Waals surface area contributed by atoms with E-state index >= 15 is 0 Å². The molecule has 1 fully saturated rings. The van der Waals surface area contributed by atoms with Crippen molar-refractivity contribution in [1.29, 1.82) is 0 Å². The molecule has 13 heavy (non-hydrogen) atoms. The van der Waals surface area contributed by atoms with Crippen molar-refractivity contribution < 1.29 is 0 Å². The van der Waals surface area contributed by atoms with Crippen LogP contribution in [0, 0.1) is 13.8 Å². The van der Waals surface area contributed by atoms with Crippen LogP contribution < -0.4 is 5.32 Å². The number of hydrogen-bond acceptors (Lipinski definition) is 1. The van der Waals surface area contributed by atoms with E-state index in [2.05, 4.69) is 43.4 Å². The average molecular weight is 173 g/mol. The van der Waals surface area contributed by atoms with E-state index in [1.165, 1.54) is 22.3 Å². The van der Waals surface area contributed by atoms with Crippen LogP contribution in [0.2, 0.25) is 0 Å². The van der Waals surface area contributed by atoms with Crippen molar-refractivity contribution >= 4 is 6.08 Å². The Bertz CT molecular complexity index is 344. The molecule has 1 N–H and O–H groups in total. The van der Waals surface area contributed by atoms with Crippen LogP contribution in [0.15, 0.2) is 23.8 Å². The minimum Gasteiger partial charge on any atom is -0.309 e. The molecule has 1 aliphatic heterocycles. The van der Waals surface area contributed by atoms with Gasteiger partial charge >= 0.3 is 0 Å². The fourth-order valence-corrected chi connectivity index (χ4v) is 1.46. The molecule has 1 aliphatic rings. The van der Waals surface area contributed by atoms with E-state index in [4.69, 9.17) is 0 Å². The van der Waals surface area contributed by atoms with E-state index in [0.29, 0.717) is 0 Å². The zero-order chi connectivity index (χ0) is 9.26. The van der Waals surface area contributed by atoms with Crippen molar-refractivity contribution in [1.82, 2.24) is 5.32 Å². The molecular weight excluding hydrogens is 158 g/mol. The zero-order valence-electron chi connectivity index (χ0n) is 8.22. The highest BCUT2D eigenvalue weighted by Gasteiger charge is 2.06. The molecular formula is C12H15N. The Kier molecular flexibility index (Phi) is 2.19. The van der Waals surface area contributed by atoms with Crippen LogP contribution in [0.5, 0.6) is 0 Å². The lowest BCUT2D eigenvalue weighted by Crippen LogP contribution is -2.33. The first kappa shape index (κ1) is 8.52. The summed E-state index contributed by atoms with van der Waals surface area (Å²) in [5, 5.41) is 3.24. The molecule has 1 heterocycles. The molecule has 1 saturated heterocycles. The molecule has 0 saturated carbocycles. The zero-order valence-corrected chi connectivity index (χ0v) is 8.22. The summed E-state index contributed by atoms with van der Waals surface area (Å²) < 4.78 is 0. The summed E-state index contributed by atoms with van der Waals surface area (Å²) in [5.74, 6) is 0. The number of nitrogens with one attached hydrogen (secondary N) is 1. The molecule has 1 aromatic rings. The van der Waals surface area contributed by atoms with Crippen molar-refractivity contribution in [3.63, 3.8) is 0 Å². The van der Waals surface area contributed by atoms with Crippen molar-refractivity contribution in [2.45, 2.75) is 13.8 Å². The summed E-state index contributed by atoms with van der Waals surface area (Å²) in [7, 11) is 0. The maximum Gasteiger partial charge on any atom is 0.0183 e. The van der Waals surface area contributed by atoms with Crippen LogP contribution >= 0.6 is 0 Å². The first-order valence-corrected chi connectivity index (χ1v) is 4.73. The van der Waals surface area contributed by atoms with Crippen LogP contribution in [0.25, 0.3) is 6.08 Å². The summed E-state index contributed by atoms with van der Waals surface area (Å²) in [5.41, 5.74) is 5.58. The molecule has 0 radical (unpaired) electrons. The summed E-state index contributed by atoms with van der Waals surface area (Å²) in [6.07, 6.45) is 2.28. The van der Waals surface area contributed by atoms with Gasteiger partial charge in [0.1, 0.15) is 0 Å². The van der Waals surface area contributed by atoms with Crippen LogP contribution in [0.1, 0.15) is 16.7 Å². The first-order chi connectivity index (χ1) is 6.25. The van der Waals surface area contributed by atoms with Crippen molar-refractivity contribution in [3.05, 3.63) is 40.5 Å². The SMILES string of the molecule is Cc1ccc(C=C2CNC2)cc1C. The van der Waals surface area contributed by atoms with Crippen molar-refractivity contribution in [2.24, 2.45) is 0 Å². The molecule has 0 amide bonds. The Morgan fingerprint density at radius 1 is 1.15 bits per heavy atom. The van der Waals surface area contributed by atoms with Crippen molar-refractivity contribution in [2.75, 3.05) is 13.1 Å². The average Bonchev–Trinajstić information content (AvgIpc) is 2.04. The number of aryl methyl sites for hydroxylation is 2. The summed E-state index contributed by atoms with van der Waals surface area (Å²) in [4.78, 5) is 0. The van der Waals surface area contributed by atoms with Gasteiger partial charge in [-0.15, -0.1) is 0 Å². The minimum atomic E-state index is 1.06. The van der Waals surface area contributed by atoms with E-state index in [9.17, 15) is 0 Å². The third kappa shape index (κ3) is 1.81. The van der Waals surface area contributed by atoms with Gasteiger partial charge in [0.05, 0.1) is 0 Å². The van der Waals surface area contributed by atoms with Gasteiger partial charge in [-0.05, 0) is 36.1 Å². The van der Waals surface area contributed by atoms with Crippen molar-refractivity contribution in [3.8, 4) is 0 Å². The highest BCUT2D eigenvalue weighted by Crippen LogP contribution is 2.14. The summed E-state index contributed by atoms with van der Waals surface area (Å²) >= 11 is 0. The van der Waals surface area contributed by atoms with Gasteiger partial charge in [-0.2, -0.15) is 0 Å². The van der Waals surface area contributed by atoms with Crippen LogP contribution in [0.4, 0.5) is 0 Å². The molecule has 0 atom stereocenters. The molecule has 0 bridgehead atoms. The lowest BCUT2D eigenvalue weighted by atomic mass is 10.0. The van der Waals surface area contributed by atoms with Crippen LogP contribution in [-0.4, -0.2) is 13.1 Å². The molecule has 1 heteroatoms. The van der Waals surface area contributed by atoms with Gasteiger partial charge in [-0.25, -0.2) is 0 Å². The molecule has 0 spiro atoms. The topological polar surface area (TPSA) is 12.0 Å². The van der Waals surface area contributed by atoms with E-state index in [0.717, 1.165) is 13.1 Å². The van der Waals surface area contributed by atoms with E-state index in [1.54, 1.807) is 0 Å². The quantitative estimate of drug-likeness (QED) is 0.687. The normalized spacial score (nSPS) is 15.4. The van der Waals surface area contributed by atoms with Crippen LogP contribution in [0.3, 0.4) is 0 Å². The molecule has 1 aromatic carbocycles. The van der Waals surface area contributed by atoms with E-state index < -0.39 is 0 Å². The standard InChI is InChI=1S/C12H15N/c1-9-3-4-11(5-10(9)2)6-12-7-13-8-12/h3-6,13H,7-8H2,1-2H3. The monoisotopic (exact) mass is 173 g/mol. The molecule has 1 nitrogen and oxygen atoms in total. The Hall–Kier alpha value is -1.08. The fraction of sp³-hybridized carbons (Fsp3) is 0.333. The molecule has 68 valence electrons. The third-order valence-corrected chi connectivity index (χ3v) is 2.61. The summed E-state index contributed by atoms with van der Waals surface area (Å²) in [6, 6.07) is 6.63. The predicted molar refractivity (Wildman–Crippen MR) is 56.8 cm³/mol. The van der Waals surface area contributed by atoms with E-state index in [1.807, 2.05) is 0 Å². The number of hydrogen-bond donors (Lipinski definition) is 1. The highest BCUT2D eigenvalue weighted by molar-refractivity contribution is 5.56. The van der Waals surface area contributed by atoms with Gasteiger partial charge in [-0.3, -0.25) is 0 Å². The second-order valence-electron chi connectivity index (χ2n) is 3.75. The largest absolute Gasteiger partial charge is 0.309 e. The molecule has 0 aromatic heterocycles. The fourth-order valence-electron chi connectivity index (χ4n) is 1.46. The first-order valence-electron chi connectivity index (χ1n) is 4.73. The van der Waals surface area contributed by atoms with Gasteiger partial charge in [-0.1, -0.05) is 24.3 Å². The molecule has 0 aliphatic carbocycles. The van der Waals surface area contributed by atoms with Gasteiger partial charge in [0.25, 0.3) is 0 Å². The van der Waals surface area contributed by atoms with Gasteiger partial charge in [0, 0.05) is 13.1 Å². The maximum atomic E-state index is 3.24. The Morgan fingerprint density at radius 3 is 2.46 bits per heavy atom. The number of benzene rings is 1. The second kappa shape index (κ2) is 3.35. The smallest absolute Gasteiger partial charge is 0.0183 e. The van der Waals surface area contributed by atoms with Gasteiger partial charge in [0.15, 0.2) is 0 Å². The van der Waals surface area contributed by atoms with Crippen LogP contribution in [-0.2, 0) is 0 Å². The van der Waals surface area contributed by atoms with Gasteiger partial charge < -0.3 is 5.32 Å². The lowest BCUT2D eigenvalue weighted by molar-refractivity contribution is 0.675. The number of rotatable bonds is 1. The summed E-state index contributed by atoms with van der Waals surface area (Å²) in [6.45, 7) is 6.44. The third-order valence-electron chi connectivity index (χ3n) is 2.61. The highest BCUT2D eigenvalue weighted by atomic mass is 14.9. The Balaban J connectivity index is 2.26. The molecule has 2 rings (SSSR count). The Morgan fingerprint density at radius 2 is 1.92 bits per heavy atom. The maximum absolute atomic E-state index is 3.24. The van der Waals surface area contributed by atoms with E-state index in [-0.39, 0.29) is 0 Å². The minimum absolute atomic E-state index is 1.06. The predicted octanol–water partition coefficient (Wildman–Crippen LogP) is 2.29. The Labute approximate surface area is 79.5 Å².